The number of esters is 1. The van der Waals surface area contributed by atoms with Gasteiger partial charge in [-0.25, -0.2) is 14.8 Å². The van der Waals surface area contributed by atoms with Gasteiger partial charge in [-0.05, 0) is 24.1 Å². The molecular weight excluding hydrogens is 280 g/mol. The molecule has 0 N–H and O–H groups in total. The van der Waals surface area contributed by atoms with Crippen molar-refractivity contribution >= 4 is 5.97 Å². The molecular formula is C17H20N2O3. The maximum absolute atomic E-state index is 11.7. The average molecular weight is 300 g/mol. The Labute approximate surface area is 130 Å². The van der Waals surface area contributed by atoms with Crippen LogP contribution in [0.15, 0.2) is 43.0 Å². The van der Waals surface area contributed by atoms with E-state index < -0.39 is 5.97 Å². The lowest BCUT2D eigenvalue weighted by Crippen LogP contribution is -2.08. The van der Waals surface area contributed by atoms with Gasteiger partial charge >= 0.3 is 5.97 Å². The highest BCUT2D eigenvalue weighted by atomic mass is 16.5. The first-order valence-corrected chi connectivity index (χ1v) is 7.43. The molecule has 2 rings (SSSR count). The number of benzene rings is 1. The van der Waals surface area contributed by atoms with Crippen LogP contribution in [0.25, 0.3) is 0 Å². The summed E-state index contributed by atoms with van der Waals surface area (Å²) in [6.07, 6.45) is 7.10. The summed E-state index contributed by atoms with van der Waals surface area (Å²) in [6.45, 7) is 3.20. The zero-order valence-electron chi connectivity index (χ0n) is 12.7. The molecule has 1 aromatic carbocycles. The molecule has 1 heterocycles. The minimum absolute atomic E-state index is 0.323. The Morgan fingerprint density at radius 3 is 2.50 bits per heavy atom. The lowest BCUT2D eigenvalue weighted by atomic mass is 10.1. The first-order chi connectivity index (χ1) is 10.8. The van der Waals surface area contributed by atoms with Crippen LogP contribution in [0, 0.1) is 0 Å². The van der Waals surface area contributed by atoms with E-state index in [1.165, 1.54) is 18.7 Å². The van der Waals surface area contributed by atoms with Crippen LogP contribution in [0.2, 0.25) is 0 Å². The Morgan fingerprint density at radius 2 is 1.82 bits per heavy atom. The third-order valence-electron chi connectivity index (χ3n) is 3.11. The number of ether oxygens (including phenoxy) is 2. The molecule has 0 amide bonds. The van der Waals surface area contributed by atoms with Crippen LogP contribution >= 0.6 is 0 Å². The van der Waals surface area contributed by atoms with Gasteiger partial charge in [-0.1, -0.05) is 25.5 Å². The summed E-state index contributed by atoms with van der Waals surface area (Å²) in [7, 11) is 0. The first-order valence-electron chi connectivity index (χ1n) is 7.43. The van der Waals surface area contributed by atoms with Crippen molar-refractivity contribution in [1.29, 1.82) is 0 Å². The molecule has 0 saturated carbocycles. The van der Waals surface area contributed by atoms with Gasteiger partial charge < -0.3 is 9.47 Å². The van der Waals surface area contributed by atoms with Crippen LogP contribution in [-0.4, -0.2) is 29.2 Å². The van der Waals surface area contributed by atoms with Crippen molar-refractivity contribution in [2.75, 3.05) is 13.2 Å². The number of aromatic nitrogens is 2. The lowest BCUT2D eigenvalue weighted by Gasteiger charge is -2.07. The highest BCUT2D eigenvalue weighted by Gasteiger charge is 2.07. The first kappa shape index (κ1) is 15.9. The minimum atomic E-state index is -0.403. The van der Waals surface area contributed by atoms with E-state index in [0.717, 1.165) is 30.8 Å². The van der Waals surface area contributed by atoms with Crippen molar-refractivity contribution < 1.29 is 14.3 Å². The van der Waals surface area contributed by atoms with Gasteiger partial charge in [0.2, 0.25) is 0 Å². The number of hydrogen-bond acceptors (Lipinski definition) is 5. The summed E-state index contributed by atoms with van der Waals surface area (Å²) >= 11 is 0. The van der Waals surface area contributed by atoms with Crippen LogP contribution in [-0.2, 0) is 11.2 Å². The van der Waals surface area contributed by atoms with E-state index in [9.17, 15) is 4.79 Å². The Morgan fingerprint density at radius 1 is 1.09 bits per heavy atom. The fraction of sp³-hybridized carbons (Fsp3) is 0.353. The van der Waals surface area contributed by atoms with Crippen molar-refractivity contribution in [1.82, 2.24) is 9.97 Å². The van der Waals surface area contributed by atoms with Crippen molar-refractivity contribution in [3.63, 3.8) is 0 Å². The summed E-state index contributed by atoms with van der Waals surface area (Å²) in [5, 5.41) is 0. The molecule has 0 radical (unpaired) electrons. The van der Waals surface area contributed by atoms with Gasteiger partial charge in [-0.15, -0.1) is 0 Å². The molecule has 0 fully saturated rings. The Kier molecular flexibility index (Phi) is 6.36. The molecule has 1 aromatic heterocycles. The van der Waals surface area contributed by atoms with Crippen LogP contribution in [0.4, 0.5) is 0 Å². The van der Waals surface area contributed by atoms with E-state index in [4.69, 9.17) is 9.47 Å². The maximum Gasteiger partial charge on any atom is 0.341 e. The van der Waals surface area contributed by atoms with Crippen LogP contribution in [0.3, 0.4) is 0 Å². The number of nitrogens with zero attached hydrogens (tertiary/aromatic N) is 2. The average Bonchev–Trinajstić information content (AvgIpc) is 2.57. The van der Waals surface area contributed by atoms with Crippen molar-refractivity contribution in [3.05, 3.63) is 54.1 Å². The second-order valence-electron chi connectivity index (χ2n) is 4.86. The predicted molar refractivity (Wildman–Crippen MR) is 82.9 cm³/mol. The normalized spacial score (nSPS) is 10.2. The molecule has 0 saturated heterocycles. The second kappa shape index (κ2) is 8.77. The summed E-state index contributed by atoms with van der Waals surface area (Å²) in [5.41, 5.74) is 1.46. The molecule has 0 aliphatic rings. The third-order valence-corrected chi connectivity index (χ3v) is 3.11. The molecule has 0 bridgehead atoms. The zero-order valence-corrected chi connectivity index (χ0v) is 12.7. The maximum atomic E-state index is 11.7. The molecule has 5 heteroatoms. The number of carbonyl (C=O) groups is 1. The third kappa shape index (κ3) is 5.16. The van der Waals surface area contributed by atoms with E-state index in [0.29, 0.717) is 18.6 Å². The van der Waals surface area contributed by atoms with Gasteiger partial charge in [0.1, 0.15) is 12.1 Å². The van der Waals surface area contributed by atoms with Crippen LogP contribution in [0.5, 0.6) is 5.75 Å². The van der Waals surface area contributed by atoms with Gasteiger partial charge in [-0.2, -0.15) is 0 Å². The molecule has 0 atom stereocenters. The standard InChI is InChI=1S/C17H20N2O3/c1-2-3-9-21-16-6-4-14(5-7-16)8-10-22-17(20)15-11-18-13-19-12-15/h4-7,11-13H,2-3,8-10H2,1H3. The molecule has 22 heavy (non-hydrogen) atoms. The minimum Gasteiger partial charge on any atom is -0.494 e. The van der Waals surface area contributed by atoms with Gasteiger partial charge in [0, 0.05) is 18.8 Å². The Balaban J connectivity index is 1.74. The Bertz CT molecular complexity index is 570. The summed E-state index contributed by atoms with van der Waals surface area (Å²) in [4.78, 5) is 19.3. The molecule has 0 aliphatic heterocycles. The summed E-state index contributed by atoms with van der Waals surface area (Å²) < 4.78 is 10.8. The number of hydrogen-bond donors (Lipinski definition) is 0. The van der Waals surface area contributed by atoms with Gasteiger partial charge in [0.25, 0.3) is 0 Å². The summed E-state index contributed by atoms with van der Waals surface area (Å²) in [6, 6.07) is 7.86. The van der Waals surface area contributed by atoms with E-state index in [2.05, 4.69) is 16.9 Å². The monoisotopic (exact) mass is 300 g/mol. The molecule has 2 aromatic rings. The molecule has 0 spiro atoms. The zero-order chi connectivity index (χ0) is 15.6. The number of carbonyl (C=O) groups excluding carboxylic acids is 1. The van der Waals surface area contributed by atoms with E-state index in [-0.39, 0.29) is 0 Å². The van der Waals surface area contributed by atoms with Gasteiger partial charge in [-0.3, -0.25) is 0 Å². The highest BCUT2D eigenvalue weighted by Crippen LogP contribution is 2.13. The van der Waals surface area contributed by atoms with Gasteiger partial charge in [0.15, 0.2) is 0 Å². The van der Waals surface area contributed by atoms with E-state index >= 15 is 0 Å². The van der Waals surface area contributed by atoms with Crippen molar-refractivity contribution in [3.8, 4) is 5.75 Å². The molecule has 5 nitrogen and oxygen atoms in total. The SMILES string of the molecule is CCCCOc1ccc(CCOC(=O)c2cncnc2)cc1. The second-order valence-corrected chi connectivity index (χ2v) is 4.86. The highest BCUT2D eigenvalue weighted by molar-refractivity contribution is 5.88. The smallest absolute Gasteiger partial charge is 0.341 e. The summed E-state index contributed by atoms with van der Waals surface area (Å²) in [5.74, 6) is 0.468. The van der Waals surface area contributed by atoms with Crippen LogP contribution in [0.1, 0.15) is 35.7 Å². The van der Waals surface area contributed by atoms with Crippen molar-refractivity contribution in [2.45, 2.75) is 26.2 Å². The molecule has 0 aliphatic carbocycles. The van der Waals surface area contributed by atoms with Crippen molar-refractivity contribution in [2.24, 2.45) is 0 Å². The fourth-order valence-corrected chi connectivity index (χ4v) is 1.84. The lowest BCUT2D eigenvalue weighted by molar-refractivity contribution is 0.0508. The fourth-order valence-electron chi connectivity index (χ4n) is 1.84. The Hall–Kier alpha value is -2.43. The van der Waals surface area contributed by atoms with Gasteiger partial charge in [0.05, 0.1) is 18.8 Å². The van der Waals surface area contributed by atoms with E-state index in [1.54, 1.807) is 0 Å². The largest absolute Gasteiger partial charge is 0.494 e. The quantitative estimate of drug-likeness (QED) is 0.554. The van der Waals surface area contributed by atoms with Crippen LogP contribution < -0.4 is 4.74 Å². The predicted octanol–water partition coefficient (Wildman–Crippen LogP) is 3.06. The molecule has 116 valence electrons. The van der Waals surface area contributed by atoms with E-state index in [1.807, 2.05) is 24.3 Å². The topological polar surface area (TPSA) is 61.3 Å². The number of rotatable bonds is 8. The molecule has 0 unspecified atom stereocenters. The number of unbranched alkanes of at least 4 members (excludes halogenated alkanes) is 1.